The summed E-state index contributed by atoms with van der Waals surface area (Å²) in [7, 11) is 0. The molecule has 1 unspecified atom stereocenters. The first-order valence-electron chi connectivity index (χ1n) is 8.29. The van der Waals surface area contributed by atoms with Crippen LogP contribution in [0.15, 0.2) is 30.7 Å². The van der Waals surface area contributed by atoms with E-state index in [1.165, 1.54) is 6.42 Å². The number of aromatic nitrogens is 3. The summed E-state index contributed by atoms with van der Waals surface area (Å²) in [5.74, 6) is 1.72. The van der Waals surface area contributed by atoms with Gasteiger partial charge in [-0.05, 0) is 52.3 Å². The van der Waals surface area contributed by atoms with E-state index >= 15 is 0 Å². The third kappa shape index (κ3) is 3.67. The molecule has 0 spiro atoms. The number of hydrogen-bond acceptors (Lipinski definition) is 5. The fourth-order valence-electron chi connectivity index (χ4n) is 3.07. The molecule has 1 atom stereocenters. The highest BCUT2D eigenvalue weighted by Crippen LogP contribution is 2.33. The molecule has 23 heavy (non-hydrogen) atoms. The smallest absolute Gasteiger partial charge is 0.241 e. The number of pyridine rings is 1. The summed E-state index contributed by atoms with van der Waals surface area (Å²) in [6, 6.07) is 4.35. The lowest BCUT2D eigenvalue weighted by Gasteiger charge is -2.35. The molecule has 0 saturated carbocycles. The van der Waals surface area contributed by atoms with Gasteiger partial charge >= 0.3 is 0 Å². The number of rotatable bonds is 4. The van der Waals surface area contributed by atoms with Crippen molar-refractivity contribution in [3.8, 4) is 11.6 Å². The highest BCUT2D eigenvalue weighted by molar-refractivity contribution is 5.33. The number of aryl methyl sites for hydroxylation is 1. The van der Waals surface area contributed by atoms with Gasteiger partial charge in [-0.25, -0.2) is 4.98 Å². The Bertz CT molecular complexity index is 659. The third-order valence-corrected chi connectivity index (χ3v) is 4.43. The van der Waals surface area contributed by atoms with Gasteiger partial charge in [-0.2, -0.15) is 0 Å². The summed E-state index contributed by atoms with van der Waals surface area (Å²) < 4.78 is 6.03. The highest BCUT2D eigenvalue weighted by atomic mass is 16.5. The molecule has 5 nitrogen and oxygen atoms in total. The molecule has 0 aliphatic carbocycles. The predicted octanol–water partition coefficient (Wildman–Crippen LogP) is 3.56. The number of nitrogens with zero attached hydrogens (tertiary/aromatic N) is 4. The second-order valence-electron chi connectivity index (χ2n) is 6.36. The van der Waals surface area contributed by atoms with Gasteiger partial charge in [0.25, 0.3) is 0 Å². The Kier molecular flexibility index (Phi) is 4.86. The van der Waals surface area contributed by atoms with Gasteiger partial charge in [0.05, 0.1) is 5.69 Å². The molecule has 2 aromatic rings. The third-order valence-electron chi connectivity index (χ3n) is 4.43. The van der Waals surface area contributed by atoms with Crippen molar-refractivity contribution < 1.29 is 4.74 Å². The molecule has 0 amide bonds. The molecule has 1 fully saturated rings. The van der Waals surface area contributed by atoms with Gasteiger partial charge < -0.3 is 9.64 Å². The van der Waals surface area contributed by atoms with Crippen LogP contribution in [0.1, 0.15) is 44.0 Å². The lowest BCUT2D eigenvalue weighted by atomic mass is 9.94. The zero-order valence-electron chi connectivity index (χ0n) is 14.1. The largest absolute Gasteiger partial charge is 0.435 e. The second kappa shape index (κ2) is 7.04. The molecule has 3 rings (SSSR count). The van der Waals surface area contributed by atoms with Gasteiger partial charge in [-0.3, -0.25) is 9.97 Å². The first-order chi connectivity index (χ1) is 11.1. The number of ether oxygens (including phenoxy) is 1. The first kappa shape index (κ1) is 15.9. The Morgan fingerprint density at radius 2 is 2.00 bits per heavy atom. The van der Waals surface area contributed by atoms with E-state index in [4.69, 9.17) is 4.74 Å². The van der Waals surface area contributed by atoms with Gasteiger partial charge in [0.1, 0.15) is 5.69 Å². The lowest BCUT2D eigenvalue weighted by molar-refractivity contribution is 0.165. The van der Waals surface area contributed by atoms with Gasteiger partial charge in [-0.15, -0.1) is 0 Å². The van der Waals surface area contributed by atoms with Crippen molar-refractivity contribution in [2.45, 2.75) is 45.6 Å². The normalized spacial score (nSPS) is 19.0. The maximum atomic E-state index is 6.03. The molecule has 1 aliphatic heterocycles. The molecule has 3 heterocycles. The van der Waals surface area contributed by atoms with Crippen LogP contribution in [0, 0.1) is 6.92 Å². The Morgan fingerprint density at radius 1 is 1.17 bits per heavy atom. The topological polar surface area (TPSA) is 51.1 Å². The van der Waals surface area contributed by atoms with Crippen LogP contribution in [0.2, 0.25) is 0 Å². The summed E-state index contributed by atoms with van der Waals surface area (Å²) in [4.78, 5) is 15.8. The number of piperidine rings is 1. The molecule has 0 aromatic carbocycles. The molecule has 0 radical (unpaired) electrons. The van der Waals surface area contributed by atoms with Crippen LogP contribution in [-0.2, 0) is 0 Å². The van der Waals surface area contributed by atoms with Gasteiger partial charge in [0, 0.05) is 37.1 Å². The molecule has 1 saturated heterocycles. The van der Waals surface area contributed by atoms with E-state index in [9.17, 15) is 0 Å². The van der Waals surface area contributed by atoms with Crippen LogP contribution in [0.25, 0.3) is 0 Å². The number of hydrogen-bond donors (Lipinski definition) is 0. The SMILES string of the molecule is Cc1ncccc1Oc1nccnc1C1CCCN(C(C)C)C1. The van der Waals surface area contributed by atoms with Gasteiger partial charge in [0.2, 0.25) is 5.88 Å². The van der Waals surface area contributed by atoms with E-state index in [-0.39, 0.29) is 0 Å². The monoisotopic (exact) mass is 312 g/mol. The van der Waals surface area contributed by atoms with Crippen LogP contribution in [-0.4, -0.2) is 39.0 Å². The van der Waals surface area contributed by atoms with Gasteiger partial charge in [-0.1, -0.05) is 0 Å². The van der Waals surface area contributed by atoms with E-state index in [0.29, 0.717) is 17.8 Å². The Morgan fingerprint density at radius 3 is 2.78 bits per heavy atom. The molecule has 0 bridgehead atoms. The van der Waals surface area contributed by atoms with Gasteiger partial charge in [0.15, 0.2) is 5.75 Å². The maximum absolute atomic E-state index is 6.03. The average Bonchev–Trinajstić information content (AvgIpc) is 2.57. The van der Waals surface area contributed by atoms with Crippen molar-refractivity contribution in [1.29, 1.82) is 0 Å². The van der Waals surface area contributed by atoms with E-state index in [1.54, 1.807) is 18.6 Å². The second-order valence-corrected chi connectivity index (χ2v) is 6.36. The van der Waals surface area contributed by atoms with Crippen LogP contribution >= 0.6 is 0 Å². The summed E-state index contributed by atoms with van der Waals surface area (Å²) in [6.45, 7) is 8.60. The van der Waals surface area contributed by atoms with Crippen LogP contribution in [0.5, 0.6) is 11.6 Å². The zero-order chi connectivity index (χ0) is 16.2. The minimum atomic E-state index is 0.367. The molecule has 2 aromatic heterocycles. The van der Waals surface area contributed by atoms with Crippen molar-refractivity contribution in [2.75, 3.05) is 13.1 Å². The minimum Gasteiger partial charge on any atom is -0.435 e. The summed E-state index contributed by atoms with van der Waals surface area (Å²) in [5.41, 5.74) is 1.82. The maximum Gasteiger partial charge on any atom is 0.241 e. The average molecular weight is 312 g/mol. The molecule has 122 valence electrons. The van der Waals surface area contributed by atoms with Crippen molar-refractivity contribution in [3.05, 3.63) is 42.1 Å². The Hall–Kier alpha value is -2.01. The lowest BCUT2D eigenvalue weighted by Crippen LogP contribution is -2.39. The standard InChI is InChI=1S/C18H24N4O/c1-13(2)22-11-5-6-15(12-22)17-18(21-10-9-20-17)23-16-7-4-8-19-14(16)3/h4,7-10,13,15H,5-6,11-12H2,1-3H3. The van der Waals surface area contributed by atoms with Crippen molar-refractivity contribution in [2.24, 2.45) is 0 Å². The Labute approximate surface area is 137 Å². The van der Waals surface area contributed by atoms with Crippen LogP contribution in [0.4, 0.5) is 0 Å². The molecule has 1 aliphatic rings. The predicted molar refractivity (Wildman–Crippen MR) is 89.8 cm³/mol. The van der Waals surface area contributed by atoms with Crippen molar-refractivity contribution in [1.82, 2.24) is 19.9 Å². The molecular formula is C18H24N4O. The summed E-state index contributed by atoms with van der Waals surface area (Å²) in [6.07, 6.45) is 7.52. The highest BCUT2D eigenvalue weighted by Gasteiger charge is 2.27. The fraction of sp³-hybridized carbons (Fsp3) is 0.500. The molecule has 0 N–H and O–H groups in total. The van der Waals surface area contributed by atoms with Crippen LogP contribution in [0.3, 0.4) is 0 Å². The zero-order valence-corrected chi connectivity index (χ0v) is 14.1. The molecule has 5 heteroatoms. The van der Waals surface area contributed by atoms with E-state index in [0.717, 1.165) is 36.6 Å². The minimum absolute atomic E-state index is 0.367. The number of likely N-dealkylation sites (tertiary alicyclic amines) is 1. The van der Waals surface area contributed by atoms with Crippen LogP contribution < -0.4 is 4.74 Å². The van der Waals surface area contributed by atoms with E-state index < -0.39 is 0 Å². The summed E-state index contributed by atoms with van der Waals surface area (Å²) >= 11 is 0. The summed E-state index contributed by atoms with van der Waals surface area (Å²) in [5, 5.41) is 0. The first-order valence-corrected chi connectivity index (χ1v) is 8.29. The van der Waals surface area contributed by atoms with Crippen molar-refractivity contribution in [3.63, 3.8) is 0 Å². The Balaban J connectivity index is 1.85. The van der Waals surface area contributed by atoms with E-state index in [2.05, 4.69) is 33.7 Å². The van der Waals surface area contributed by atoms with E-state index in [1.807, 2.05) is 19.1 Å². The fourth-order valence-corrected chi connectivity index (χ4v) is 3.07. The van der Waals surface area contributed by atoms with Crippen molar-refractivity contribution >= 4 is 0 Å². The molecular weight excluding hydrogens is 288 g/mol. The quantitative estimate of drug-likeness (QED) is 0.864.